The van der Waals surface area contributed by atoms with Crippen LogP contribution in [0, 0.1) is 12.8 Å². The number of carboxylic acids is 1. The molecule has 6 heteroatoms. The molecule has 3 aromatic rings. The summed E-state index contributed by atoms with van der Waals surface area (Å²) in [6, 6.07) is 11.3. The molecule has 0 aliphatic heterocycles. The third-order valence-electron chi connectivity index (χ3n) is 7.17. The Kier molecular flexibility index (Phi) is 7.69. The van der Waals surface area contributed by atoms with Gasteiger partial charge in [0.15, 0.2) is 0 Å². The van der Waals surface area contributed by atoms with E-state index in [4.69, 9.17) is 9.47 Å². The van der Waals surface area contributed by atoms with Crippen molar-refractivity contribution in [1.82, 2.24) is 4.98 Å². The second-order valence-corrected chi connectivity index (χ2v) is 9.99. The molecule has 0 radical (unpaired) electrons. The van der Waals surface area contributed by atoms with Crippen molar-refractivity contribution in [1.29, 1.82) is 0 Å². The molecule has 1 aliphatic rings. The van der Waals surface area contributed by atoms with Crippen LogP contribution in [0.3, 0.4) is 0 Å². The smallest absolute Gasteiger partial charge is 0.335 e. The summed E-state index contributed by atoms with van der Waals surface area (Å²) >= 11 is 1.70. The summed E-state index contributed by atoms with van der Waals surface area (Å²) in [4.78, 5) is 16.9. The monoisotopic (exact) mass is 479 g/mol. The Morgan fingerprint density at radius 2 is 1.91 bits per heavy atom. The molecule has 5 nitrogen and oxygen atoms in total. The second-order valence-electron chi connectivity index (χ2n) is 9.10. The Morgan fingerprint density at radius 1 is 1.15 bits per heavy atom. The van der Waals surface area contributed by atoms with Gasteiger partial charge in [-0.3, -0.25) is 4.98 Å². The molecule has 0 saturated heterocycles. The van der Waals surface area contributed by atoms with Crippen molar-refractivity contribution in [3.63, 3.8) is 0 Å². The fourth-order valence-electron chi connectivity index (χ4n) is 5.33. The number of carboxylic acid groups (broad SMARTS) is 1. The number of methoxy groups -OCH3 is 1. The number of benzene rings is 2. The van der Waals surface area contributed by atoms with E-state index in [0.717, 1.165) is 28.7 Å². The van der Waals surface area contributed by atoms with Crippen LogP contribution in [0.5, 0.6) is 5.75 Å². The van der Waals surface area contributed by atoms with Crippen LogP contribution in [0.15, 0.2) is 48.1 Å². The molecular weight excluding hydrogens is 446 g/mol. The maximum atomic E-state index is 11.3. The first-order valence-electron chi connectivity index (χ1n) is 12.0. The van der Waals surface area contributed by atoms with Gasteiger partial charge in [-0.2, -0.15) is 0 Å². The summed E-state index contributed by atoms with van der Waals surface area (Å²) in [6.07, 6.45) is 9.19. The molecule has 1 N–H and O–H groups in total. The summed E-state index contributed by atoms with van der Waals surface area (Å²) in [5.74, 6) is 0.107. The average Bonchev–Trinajstić information content (AvgIpc) is 3.41. The molecule has 1 saturated carbocycles. The van der Waals surface area contributed by atoms with Gasteiger partial charge in [0.1, 0.15) is 11.4 Å². The van der Waals surface area contributed by atoms with Crippen molar-refractivity contribution in [2.75, 3.05) is 7.11 Å². The number of rotatable bonds is 9. The van der Waals surface area contributed by atoms with Gasteiger partial charge in [0, 0.05) is 11.8 Å². The highest BCUT2D eigenvalue weighted by Crippen LogP contribution is 2.46. The number of thiazole rings is 1. The minimum absolute atomic E-state index is 0.213. The second kappa shape index (κ2) is 10.7. The summed E-state index contributed by atoms with van der Waals surface area (Å²) in [6.45, 7) is 4.84. The molecule has 4 rings (SSSR count). The number of hydrogen-bond donors (Lipinski definition) is 1. The van der Waals surface area contributed by atoms with Gasteiger partial charge in [-0.1, -0.05) is 44.4 Å². The quantitative estimate of drug-likeness (QED) is 0.351. The fourth-order valence-corrected chi connectivity index (χ4v) is 6.25. The van der Waals surface area contributed by atoms with E-state index in [9.17, 15) is 9.90 Å². The van der Waals surface area contributed by atoms with Crippen LogP contribution in [-0.2, 0) is 16.9 Å². The molecule has 1 aromatic heterocycles. The van der Waals surface area contributed by atoms with Gasteiger partial charge in [-0.05, 0) is 67.0 Å². The van der Waals surface area contributed by atoms with Crippen LogP contribution in [0.2, 0.25) is 0 Å². The highest BCUT2D eigenvalue weighted by Gasteiger charge is 2.41. The van der Waals surface area contributed by atoms with E-state index in [1.165, 1.54) is 37.0 Å². The van der Waals surface area contributed by atoms with Gasteiger partial charge in [-0.15, -0.1) is 11.3 Å². The minimum Gasteiger partial charge on any atom is -0.496 e. The number of nitrogens with zero attached hydrogens (tertiary/aromatic N) is 1. The molecule has 2 aromatic carbocycles. The minimum atomic E-state index is -0.965. The predicted octanol–water partition coefficient (Wildman–Crippen LogP) is 7.23. The summed E-state index contributed by atoms with van der Waals surface area (Å²) < 4.78 is 12.3. The topological polar surface area (TPSA) is 68.7 Å². The predicted molar refractivity (Wildman–Crippen MR) is 136 cm³/mol. The SMILES string of the molecule is CCC(OCc1ccc(-c2ccc(C(=O)O)cc2OC)c(C)c1)(c1cncs1)C1CCCCC1. The largest absolute Gasteiger partial charge is 0.496 e. The average molecular weight is 480 g/mol. The van der Waals surface area contributed by atoms with Crippen LogP contribution in [0.1, 0.15) is 71.8 Å². The van der Waals surface area contributed by atoms with E-state index >= 15 is 0 Å². The van der Waals surface area contributed by atoms with Crippen molar-refractivity contribution in [3.8, 4) is 16.9 Å². The lowest BCUT2D eigenvalue weighted by atomic mass is 9.74. The third kappa shape index (κ3) is 4.89. The van der Waals surface area contributed by atoms with Gasteiger partial charge >= 0.3 is 5.97 Å². The molecule has 0 spiro atoms. The Hall–Kier alpha value is -2.70. The summed E-state index contributed by atoms with van der Waals surface area (Å²) in [7, 11) is 1.57. The first-order chi connectivity index (χ1) is 16.5. The maximum Gasteiger partial charge on any atom is 0.335 e. The van der Waals surface area contributed by atoms with Crippen molar-refractivity contribution in [2.24, 2.45) is 5.92 Å². The maximum absolute atomic E-state index is 11.3. The summed E-state index contributed by atoms with van der Waals surface area (Å²) in [5, 5.41) is 9.29. The van der Waals surface area contributed by atoms with Crippen molar-refractivity contribution in [2.45, 2.75) is 64.6 Å². The lowest BCUT2D eigenvalue weighted by Crippen LogP contribution is -2.38. The number of hydrogen-bond acceptors (Lipinski definition) is 5. The van der Waals surface area contributed by atoms with Crippen LogP contribution in [-0.4, -0.2) is 23.2 Å². The highest BCUT2D eigenvalue weighted by molar-refractivity contribution is 7.09. The standard InChI is InChI=1S/C28H33NO4S/c1-4-28(26-16-29-18-34-26,22-8-6-5-7-9-22)33-17-20-10-12-23(19(2)14-20)24-13-11-21(27(30)31)15-25(24)32-3/h10-16,18,22H,4-9,17H2,1-3H3,(H,30,31). The number of aryl methyl sites for hydroxylation is 1. The molecule has 1 atom stereocenters. The zero-order chi connectivity index (χ0) is 24.1. The first-order valence-corrected chi connectivity index (χ1v) is 12.9. The molecule has 0 amide bonds. The van der Waals surface area contributed by atoms with Gasteiger partial charge < -0.3 is 14.6 Å². The molecular formula is C28H33NO4S. The lowest BCUT2D eigenvalue weighted by Gasteiger charge is -2.41. The van der Waals surface area contributed by atoms with Gasteiger partial charge in [0.2, 0.25) is 0 Å². The van der Waals surface area contributed by atoms with E-state index in [2.05, 4.69) is 37.0 Å². The number of carbonyl (C=O) groups is 1. The molecule has 34 heavy (non-hydrogen) atoms. The van der Waals surface area contributed by atoms with Crippen molar-refractivity contribution in [3.05, 3.63) is 69.7 Å². The molecule has 0 bridgehead atoms. The van der Waals surface area contributed by atoms with E-state index in [-0.39, 0.29) is 11.2 Å². The van der Waals surface area contributed by atoms with Crippen LogP contribution < -0.4 is 4.74 Å². The van der Waals surface area contributed by atoms with Crippen molar-refractivity contribution < 1.29 is 19.4 Å². The Bertz CT molecular complexity index is 1120. The van der Waals surface area contributed by atoms with Gasteiger partial charge in [-0.25, -0.2) is 4.79 Å². The zero-order valence-corrected chi connectivity index (χ0v) is 21.0. The van der Waals surface area contributed by atoms with E-state index in [1.807, 2.05) is 17.8 Å². The van der Waals surface area contributed by atoms with Gasteiger partial charge in [0.05, 0.1) is 29.7 Å². The molecule has 1 aliphatic carbocycles. The number of aromatic carboxylic acids is 1. The molecule has 180 valence electrons. The first kappa shape index (κ1) is 24.4. The normalized spacial score (nSPS) is 16.2. The van der Waals surface area contributed by atoms with Crippen LogP contribution in [0.4, 0.5) is 0 Å². The van der Waals surface area contributed by atoms with Crippen molar-refractivity contribution >= 4 is 17.3 Å². The van der Waals surface area contributed by atoms with Crippen LogP contribution >= 0.6 is 11.3 Å². The van der Waals surface area contributed by atoms with E-state index in [1.54, 1.807) is 30.6 Å². The Morgan fingerprint density at radius 3 is 2.53 bits per heavy atom. The molecule has 1 unspecified atom stereocenters. The highest BCUT2D eigenvalue weighted by atomic mass is 32.1. The van der Waals surface area contributed by atoms with Gasteiger partial charge in [0.25, 0.3) is 0 Å². The molecule has 1 heterocycles. The Labute approximate surface area is 205 Å². The number of aromatic nitrogens is 1. The fraction of sp³-hybridized carbons (Fsp3) is 0.429. The Balaban J connectivity index is 1.59. The molecule has 1 fully saturated rings. The lowest BCUT2D eigenvalue weighted by molar-refractivity contribution is -0.113. The van der Waals surface area contributed by atoms with E-state index in [0.29, 0.717) is 18.3 Å². The third-order valence-corrected chi connectivity index (χ3v) is 8.10. The number of ether oxygens (including phenoxy) is 2. The van der Waals surface area contributed by atoms with Crippen LogP contribution in [0.25, 0.3) is 11.1 Å². The van der Waals surface area contributed by atoms with E-state index < -0.39 is 5.97 Å². The zero-order valence-electron chi connectivity index (χ0n) is 20.2. The summed E-state index contributed by atoms with van der Waals surface area (Å²) in [5.41, 5.74) is 5.96.